The van der Waals surface area contributed by atoms with Gasteiger partial charge in [-0.05, 0) is 0 Å². The van der Waals surface area contributed by atoms with E-state index in [1.165, 1.54) is 0 Å². The van der Waals surface area contributed by atoms with Crippen LogP contribution in [-0.4, -0.2) is 77.6 Å². The molecule has 0 aromatic heterocycles. The summed E-state index contributed by atoms with van der Waals surface area (Å²) in [6.07, 6.45) is -6.77. The fourth-order valence-corrected chi connectivity index (χ4v) is 2.81. The zero-order valence-corrected chi connectivity index (χ0v) is 19.7. The molecule has 1 fully saturated rings. The highest BCUT2D eigenvalue weighted by atomic mass is 35.6. The summed E-state index contributed by atoms with van der Waals surface area (Å²) in [7, 11) is 0. The summed E-state index contributed by atoms with van der Waals surface area (Å²) < 4.78 is 28.9. The number of carbonyl (C=O) groups is 5. The molecular formula is C17H22Cl3NO11. The minimum absolute atomic E-state index is 0.451. The van der Waals surface area contributed by atoms with Gasteiger partial charge in [0.1, 0.15) is 25.4 Å². The minimum atomic E-state index is -1.92. The fraction of sp³-hybridized carbons (Fsp3) is 0.706. The van der Waals surface area contributed by atoms with Crippen molar-refractivity contribution in [2.24, 2.45) is 0 Å². The van der Waals surface area contributed by atoms with Crippen molar-refractivity contribution in [3.8, 4) is 0 Å². The average Bonchev–Trinajstić information content (AvgIpc) is 2.61. The number of amides is 1. The minimum Gasteiger partial charge on any atom is -0.463 e. The smallest absolute Gasteiger partial charge is 0.407 e. The summed E-state index contributed by atoms with van der Waals surface area (Å²) in [5.74, 6) is -3.13. The van der Waals surface area contributed by atoms with Gasteiger partial charge in [0.15, 0.2) is 12.2 Å². The number of esters is 4. The van der Waals surface area contributed by atoms with Gasteiger partial charge in [-0.2, -0.15) is 0 Å². The molecule has 0 aromatic carbocycles. The first-order valence-corrected chi connectivity index (χ1v) is 10.1. The van der Waals surface area contributed by atoms with Crippen LogP contribution in [0.5, 0.6) is 0 Å². The lowest BCUT2D eigenvalue weighted by molar-refractivity contribution is -0.270. The van der Waals surface area contributed by atoms with Crippen LogP contribution in [0.15, 0.2) is 0 Å². The molecule has 1 aliphatic heterocycles. The topological polar surface area (TPSA) is 153 Å². The predicted molar refractivity (Wildman–Crippen MR) is 107 cm³/mol. The molecule has 0 spiro atoms. The van der Waals surface area contributed by atoms with Gasteiger partial charge >= 0.3 is 30.0 Å². The van der Waals surface area contributed by atoms with Crippen LogP contribution in [0.1, 0.15) is 27.7 Å². The van der Waals surface area contributed by atoms with Crippen LogP contribution in [0.3, 0.4) is 0 Å². The monoisotopic (exact) mass is 521 g/mol. The van der Waals surface area contributed by atoms with E-state index in [1.807, 2.05) is 0 Å². The van der Waals surface area contributed by atoms with Crippen molar-refractivity contribution in [2.75, 3.05) is 13.2 Å². The Bertz CT molecular complexity index is 727. The zero-order valence-electron chi connectivity index (χ0n) is 17.4. The Morgan fingerprint density at radius 3 is 1.81 bits per heavy atom. The lowest BCUT2D eigenvalue weighted by atomic mass is 9.96. The summed E-state index contributed by atoms with van der Waals surface area (Å²) in [4.78, 5) is 58.4. The Morgan fingerprint density at radius 2 is 1.34 bits per heavy atom. The van der Waals surface area contributed by atoms with Crippen molar-refractivity contribution >= 4 is 64.8 Å². The van der Waals surface area contributed by atoms with Gasteiger partial charge in [-0.3, -0.25) is 19.2 Å². The maximum atomic E-state index is 12.2. The molecule has 0 bridgehead atoms. The second kappa shape index (κ2) is 12.3. The van der Waals surface area contributed by atoms with E-state index in [0.717, 1.165) is 27.7 Å². The molecule has 32 heavy (non-hydrogen) atoms. The number of nitrogens with one attached hydrogen (secondary N) is 1. The molecule has 0 aromatic rings. The van der Waals surface area contributed by atoms with Gasteiger partial charge in [-0.25, -0.2) is 4.79 Å². The van der Waals surface area contributed by atoms with Gasteiger partial charge in [0.2, 0.25) is 10.1 Å². The Balaban J connectivity index is 3.28. The van der Waals surface area contributed by atoms with Gasteiger partial charge < -0.3 is 33.7 Å². The highest BCUT2D eigenvalue weighted by Gasteiger charge is 2.52. The number of halogens is 3. The average molecular weight is 523 g/mol. The number of alkyl carbamates (subject to hydrolysis) is 1. The largest absolute Gasteiger partial charge is 0.463 e. The normalized spacial score (nSPS) is 25.2. The Kier molecular flexibility index (Phi) is 10.8. The van der Waals surface area contributed by atoms with Crippen molar-refractivity contribution in [1.29, 1.82) is 0 Å². The third-order valence-electron chi connectivity index (χ3n) is 3.63. The molecule has 12 nitrogen and oxygen atoms in total. The summed E-state index contributed by atoms with van der Waals surface area (Å²) in [5, 5.41) is 2.28. The number of hydrogen-bond donors (Lipinski definition) is 1. The molecule has 1 amide bonds. The summed E-state index contributed by atoms with van der Waals surface area (Å²) >= 11 is 16.6. The molecule has 15 heteroatoms. The lowest BCUT2D eigenvalue weighted by Crippen LogP contribution is -2.67. The van der Waals surface area contributed by atoms with E-state index in [9.17, 15) is 24.0 Å². The van der Waals surface area contributed by atoms with E-state index in [1.54, 1.807) is 0 Å². The van der Waals surface area contributed by atoms with Crippen LogP contribution >= 0.6 is 34.8 Å². The van der Waals surface area contributed by atoms with Gasteiger partial charge in [-0.1, -0.05) is 34.8 Å². The second-order valence-electron chi connectivity index (χ2n) is 6.46. The van der Waals surface area contributed by atoms with Crippen LogP contribution in [0.25, 0.3) is 0 Å². The van der Waals surface area contributed by atoms with E-state index < -0.39 is 77.6 Å². The molecule has 0 radical (unpaired) electrons. The lowest BCUT2D eigenvalue weighted by Gasteiger charge is -2.44. The van der Waals surface area contributed by atoms with E-state index in [4.69, 9.17) is 63.2 Å². The molecule has 0 saturated carbocycles. The Labute approximate surface area is 198 Å². The van der Waals surface area contributed by atoms with Crippen LogP contribution < -0.4 is 5.32 Å². The molecule has 182 valence electrons. The van der Waals surface area contributed by atoms with Crippen molar-refractivity contribution in [3.05, 3.63) is 0 Å². The molecule has 0 aliphatic carbocycles. The van der Waals surface area contributed by atoms with E-state index in [0.29, 0.717) is 0 Å². The molecular weight excluding hydrogens is 501 g/mol. The van der Waals surface area contributed by atoms with Crippen molar-refractivity contribution in [3.63, 3.8) is 0 Å². The van der Waals surface area contributed by atoms with Gasteiger partial charge in [0.05, 0.1) is 0 Å². The Morgan fingerprint density at radius 1 is 0.812 bits per heavy atom. The molecule has 1 aliphatic rings. The second-order valence-corrected chi connectivity index (χ2v) is 8.98. The first kappa shape index (κ1) is 28.0. The Hall–Kier alpha value is -2.02. The number of hydrogen-bond acceptors (Lipinski definition) is 11. The van der Waals surface area contributed by atoms with Crippen LogP contribution in [0, 0.1) is 0 Å². The van der Waals surface area contributed by atoms with Crippen LogP contribution in [0.2, 0.25) is 0 Å². The number of carbonyl (C=O) groups excluding carboxylic acids is 5. The highest BCUT2D eigenvalue weighted by molar-refractivity contribution is 6.67. The van der Waals surface area contributed by atoms with E-state index in [2.05, 4.69) is 5.32 Å². The summed E-state index contributed by atoms with van der Waals surface area (Å²) in [6, 6.07) is -1.43. The summed E-state index contributed by atoms with van der Waals surface area (Å²) in [5.41, 5.74) is 0. The maximum Gasteiger partial charge on any atom is 0.407 e. The predicted octanol–water partition coefficient (Wildman–Crippen LogP) is 1.17. The van der Waals surface area contributed by atoms with Crippen LogP contribution in [0.4, 0.5) is 4.79 Å². The van der Waals surface area contributed by atoms with Crippen molar-refractivity contribution in [1.82, 2.24) is 5.32 Å². The number of rotatable bonds is 7. The van der Waals surface area contributed by atoms with E-state index in [-0.39, 0.29) is 0 Å². The van der Waals surface area contributed by atoms with Gasteiger partial charge in [0.25, 0.3) is 0 Å². The third-order valence-corrected chi connectivity index (χ3v) is 3.96. The number of ether oxygens (including phenoxy) is 6. The molecule has 1 heterocycles. The first-order valence-electron chi connectivity index (χ1n) is 9.00. The zero-order chi connectivity index (χ0) is 24.6. The molecule has 1 saturated heterocycles. The van der Waals surface area contributed by atoms with Crippen molar-refractivity contribution < 1.29 is 52.4 Å². The van der Waals surface area contributed by atoms with Crippen LogP contribution in [-0.2, 0) is 47.6 Å². The molecule has 1 unspecified atom stereocenters. The van der Waals surface area contributed by atoms with Gasteiger partial charge in [0, 0.05) is 27.7 Å². The first-order chi connectivity index (χ1) is 14.7. The molecule has 1 rings (SSSR count). The fourth-order valence-electron chi connectivity index (χ4n) is 2.65. The third kappa shape index (κ3) is 10.1. The van der Waals surface area contributed by atoms with E-state index >= 15 is 0 Å². The standard InChI is InChI=1S/C17H22Cl3NO11/c1-7(22)27-5-11-13(29-8(2)23)14(30-9(3)24)12(15(32-11)31-10(4)25)21-16(26)28-6-17(18,19)20/h11-15H,5-6H2,1-4H3,(H,21,26)/t11-,12-,13-,14-,15?/m1/s1. The van der Waals surface area contributed by atoms with Gasteiger partial charge in [-0.15, -0.1) is 0 Å². The number of alkyl halides is 3. The highest BCUT2D eigenvalue weighted by Crippen LogP contribution is 2.29. The van der Waals surface area contributed by atoms with Crippen molar-refractivity contribution in [2.45, 2.75) is 62.1 Å². The molecule has 1 N–H and O–H groups in total. The molecule has 5 atom stereocenters. The quantitative estimate of drug-likeness (QED) is 0.291. The SMILES string of the molecule is CC(=O)OC[C@H]1OC(OC(C)=O)[C@H](NC(=O)OCC(Cl)(Cl)Cl)[C@@H](OC(C)=O)[C@@H]1OC(C)=O. The maximum absolute atomic E-state index is 12.2. The summed E-state index contributed by atoms with van der Waals surface area (Å²) in [6.45, 7) is 3.22.